The molecule has 1 aromatic carbocycles. The second-order valence-electron chi connectivity index (χ2n) is 6.33. The lowest BCUT2D eigenvalue weighted by Crippen LogP contribution is -2.42. The van der Waals surface area contributed by atoms with Gasteiger partial charge in [0, 0.05) is 23.2 Å². The van der Waals surface area contributed by atoms with Gasteiger partial charge in [-0.25, -0.2) is 0 Å². The molecule has 0 radical (unpaired) electrons. The third-order valence-corrected chi connectivity index (χ3v) is 4.90. The molecular weight excluding hydrogens is 326 g/mol. The van der Waals surface area contributed by atoms with Gasteiger partial charge >= 0.3 is 5.97 Å². The van der Waals surface area contributed by atoms with E-state index in [1.54, 1.807) is 24.3 Å². The maximum absolute atomic E-state index is 13.0. The first-order valence-corrected chi connectivity index (χ1v) is 9.13. The summed E-state index contributed by atoms with van der Waals surface area (Å²) < 4.78 is 4.74. The van der Waals surface area contributed by atoms with Crippen LogP contribution in [0.25, 0.3) is 0 Å². The minimum absolute atomic E-state index is 0.0267. The number of hydrogen-bond acceptors (Lipinski definition) is 3. The second kappa shape index (κ2) is 9.67. The number of halogens is 1. The second-order valence-corrected chi connectivity index (χ2v) is 6.77. The molecule has 1 aromatic rings. The van der Waals surface area contributed by atoms with Gasteiger partial charge in [0.25, 0.3) is 5.91 Å². The molecule has 0 saturated heterocycles. The summed E-state index contributed by atoms with van der Waals surface area (Å²) in [5, 5.41) is 0.610. The van der Waals surface area contributed by atoms with Crippen LogP contribution in [0.2, 0.25) is 5.02 Å². The first-order valence-electron chi connectivity index (χ1n) is 8.75. The molecule has 0 unspecified atom stereocenters. The monoisotopic (exact) mass is 351 g/mol. The molecule has 1 aliphatic rings. The van der Waals surface area contributed by atoms with E-state index in [2.05, 4.69) is 0 Å². The highest BCUT2D eigenvalue weighted by Gasteiger charge is 2.25. The Morgan fingerprint density at radius 3 is 2.25 bits per heavy atom. The number of ether oxygens (including phenoxy) is 1. The van der Waals surface area contributed by atoms with Crippen LogP contribution in [0.4, 0.5) is 0 Å². The van der Waals surface area contributed by atoms with Crippen LogP contribution in [-0.2, 0) is 9.53 Å². The van der Waals surface area contributed by atoms with Crippen molar-refractivity contribution in [3.05, 3.63) is 34.9 Å². The molecule has 0 bridgehead atoms. The Hall–Kier alpha value is -1.55. The number of hydrogen-bond donors (Lipinski definition) is 0. The zero-order valence-electron chi connectivity index (χ0n) is 14.3. The maximum atomic E-state index is 13.0. The van der Waals surface area contributed by atoms with E-state index in [4.69, 9.17) is 16.3 Å². The zero-order chi connectivity index (χ0) is 17.4. The fraction of sp³-hybridized carbons (Fsp3) is 0.579. The summed E-state index contributed by atoms with van der Waals surface area (Å²) in [7, 11) is 1.38. The predicted molar refractivity (Wildman–Crippen MR) is 95.2 cm³/mol. The van der Waals surface area contributed by atoms with Crippen molar-refractivity contribution >= 4 is 23.5 Å². The molecule has 0 aromatic heterocycles. The summed E-state index contributed by atoms with van der Waals surface area (Å²) in [5.41, 5.74) is 0.617. The van der Waals surface area contributed by atoms with E-state index in [0.29, 0.717) is 17.1 Å². The molecular formula is C19H26ClNO3. The van der Waals surface area contributed by atoms with Crippen molar-refractivity contribution in [3.63, 3.8) is 0 Å². The van der Waals surface area contributed by atoms with Crippen molar-refractivity contribution < 1.29 is 14.3 Å². The molecule has 1 saturated carbocycles. The third kappa shape index (κ3) is 5.52. The number of esters is 1. The smallest absolute Gasteiger partial charge is 0.307 e. The first kappa shape index (κ1) is 18.8. The largest absolute Gasteiger partial charge is 0.469 e. The Labute approximate surface area is 149 Å². The Bertz CT molecular complexity index is 536. The average molecular weight is 352 g/mol. The lowest BCUT2D eigenvalue weighted by atomic mass is 9.95. The topological polar surface area (TPSA) is 46.6 Å². The molecule has 132 valence electrons. The molecule has 1 aliphatic carbocycles. The number of nitrogens with zero attached hydrogens (tertiary/aromatic N) is 1. The summed E-state index contributed by atoms with van der Waals surface area (Å²) in [6.07, 6.45) is 8.21. The zero-order valence-corrected chi connectivity index (χ0v) is 15.1. The van der Waals surface area contributed by atoms with Crippen LogP contribution in [0.15, 0.2) is 24.3 Å². The number of carbonyl (C=O) groups is 2. The Balaban J connectivity index is 2.14. The van der Waals surface area contributed by atoms with Crippen LogP contribution in [0.3, 0.4) is 0 Å². The fourth-order valence-electron chi connectivity index (χ4n) is 3.27. The first-order chi connectivity index (χ1) is 11.6. The van der Waals surface area contributed by atoms with Crippen LogP contribution in [0.5, 0.6) is 0 Å². The van der Waals surface area contributed by atoms with Crippen LogP contribution >= 0.6 is 11.6 Å². The molecule has 4 nitrogen and oxygen atoms in total. The van der Waals surface area contributed by atoms with Crippen molar-refractivity contribution in [3.8, 4) is 0 Å². The Morgan fingerprint density at radius 1 is 1.08 bits per heavy atom. The highest BCUT2D eigenvalue weighted by molar-refractivity contribution is 6.30. The third-order valence-electron chi connectivity index (χ3n) is 4.65. The fourth-order valence-corrected chi connectivity index (χ4v) is 3.39. The van der Waals surface area contributed by atoms with Crippen molar-refractivity contribution in [2.24, 2.45) is 0 Å². The minimum Gasteiger partial charge on any atom is -0.469 e. The van der Waals surface area contributed by atoms with Gasteiger partial charge in [0.1, 0.15) is 0 Å². The van der Waals surface area contributed by atoms with Gasteiger partial charge < -0.3 is 9.64 Å². The van der Waals surface area contributed by atoms with Gasteiger partial charge in [-0.15, -0.1) is 0 Å². The molecule has 0 atom stereocenters. The van der Waals surface area contributed by atoms with Crippen LogP contribution in [0.1, 0.15) is 61.7 Å². The number of carbonyl (C=O) groups excluding carboxylic acids is 2. The van der Waals surface area contributed by atoms with E-state index in [9.17, 15) is 9.59 Å². The molecule has 0 heterocycles. The number of methoxy groups -OCH3 is 1. The predicted octanol–water partition coefficient (Wildman–Crippen LogP) is 4.46. The normalized spacial score (nSPS) is 16.1. The van der Waals surface area contributed by atoms with E-state index < -0.39 is 0 Å². The van der Waals surface area contributed by atoms with Crippen molar-refractivity contribution in [1.29, 1.82) is 0 Å². The average Bonchev–Trinajstić information content (AvgIpc) is 2.56. The van der Waals surface area contributed by atoms with E-state index in [-0.39, 0.29) is 24.3 Å². The van der Waals surface area contributed by atoms with Gasteiger partial charge in [0.05, 0.1) is 13.5 Å². The molecule has 0 spiro atoms. The van der Waals surface area contributed by atoms with Crippen LogP contribution in [0, 0.1) is 0 Å². The lowest BCUT2D eigenvalue weighted by Gasteiger charge is -2.33. The lowest BCUT2D eigenvalue weighted by molar-refractivity contribution is -0.140. The van der Waals surface area contributed by atoms with E-state index in [1.807, 2.05) is 4.90 Å². The van der Waals surface area contributed by atoms with E-state index >= 15 is 0 Å². The van der Waals surface area contributed by atoms with E-state index in [1.165, 1.54) is 26.4 Å². The molecule has 0 N–H and O–H groups in total. The summed E-state index contributed by atoms with van der Waals surface area (Å²) >= 11 is 5.92. The SMILES string of the molecule is COC(=O)CCN(C(=O)c1ccc(Cl)cc1)C1CCCCCCC1. The molecule has 24 heavy (non-hydrogen) atoms. The van der Waals surface area contributed by atoms with Crippen molar-refractivity contribution in [2.75, 3.05) is 13.7 Å². The highest BCUT2D eigenvalue weighted by Crippen LogP contribution is 2.24. The standard InChI is InChI=1S/C19H26ClNO3/c1-24-18(22)13-14-21(17-7-5-3-2-4-6-8-17)19(23)15-9-11-16(20)12-10-15/h9-12,17H,2-8,13-14H2,1H3. The maximum Gasteiger partial charge on any atom is 0.307 e. The van der Waals surface area contributed by atoms with Crippen LogP contribution < -0.4 is 0 Å². The number of rotatable bonds is 5. The van der Waals surface area contributed by atoms with Gasteiger partial charge in [0.2, 0.25) is 0 Å². The Morgan fingerprint density at radius 2 is 1.67 bits per heavy atom. The molecule has 1 amide bonds. The summed E-state index contributed by atoms with van der Waals surface area (Å²) in [6.45, 7) is 0.402. The summed E-state index contributed by atoms with van der Waals surface area (Å²) in [4.78, 5) is 26.4. The van der Waals surface area contributed by atoms with Crippen molar-refractivity contribution in [1.82, 2.24) is 4.90 Å². The van der Waals surface area contributed by atoms with Crippen LogP contribution in [-0.4, -0.2) is 36.5 Å². The molecule has 0 aliphatic heterocycles. The van der Waals surface area contributed by atoms with Gasteiger partial charge in [0.15, 0.2) is 0 Å². The quantitative estimate of drug-likeness (QED) is 0.736. The summed E-state index contributed by atoms with van der Waals surface area (Å²) in [5.74, 6) is -0.309. The number of benzene rings is 1. The highest BCUT2D eigenvalue weighted by atomic mass is 35.5. The Kier molecular flexibility index (Phi) is 7.57. The van der Waals surface area contributed by atoms with Gasteiger partial charge in [-0.3, -0.25) is 9.59 Å². The van der Waals surface area contributed by atoms with Gasteiger partial charge in [-0.05, 0) is 37.1 Å². The molecule has 2 rings (SSSR count). The minimum atomic E-state index is -0.283. The van der Waals surface area contributed by atoms with Gasteiger partial charge in [-0.1, -0.05) is 43.7 Å². The molecule has 5 heteroatoms. The molecule has 1 fully saturated rings. The number of amides is 1. The summed E-state index contributed by atoms with van der Waals surface area (Å²) in [6, 6.07) is 7.15. The van der Waals surface area contributed by atoms with Crippen molar-refractivity contribution in [2.45, 2.75) is 57.4 Å². The van der Waals surface area contributed by atoms with E-state index in [0.717, 1.165) is 25.7 Å². The van der Waals surface area contributed by atoms with Gasteiger partial charge in [-0.2, -0.15) is 0 Å².